The van der Waals surface area contributed by atoms with Gasteiger partial charge in [-0.15, -0.1) is 0 Å². The Bertz CT molecular complexity index is 925. The molecule has 0 saturated heterocycles. The molecule has 0 fully saturated rings. The van der Waals surface area contributed by atoms with Crippen molar-refractivity contribution in [1.29, 1.82) is 0 Å². The van der Waals surface area contributed by atoms with Crippen LogP contribution in [-0.2, 0) is 9.59 Å². The van der Waals surface area contributed by atoms with Gasteiger partial charge >= 0.3 is 5.97 Å². The monoisotopic (exact) mass is 379 g/mol. The molecule has 1 aliphatic rings. The van der Waals surface area contributed by atoms with Gasteiger partial charge in [-0.2, -0.15) is 0 Å². The number of aromatic nitrogens is 1. The smallest absolute Gasteiger partial charge is 0.335 e. The molecule has 1 aliphatic heterocycles. The standard InChI is InChI=1S/C21H21N3O4/c1-2-3-11-23-17-8-7-16(21(27)28)12-18(17)24(14-20(23)26)19(25)9-6-15-5-4-10-22-13-15/h4-10,12-13H,2-3,11,14H2,1H3,(H,27,28)/b9-6+. The fourth-order valence-corrected chi connectivity index (χ4v) is 3.03. The fraction of sp³-hybridized carbons (Fsp3) is 0.238. The van der Waals surface area contributed by atoms with Crippen LogP contribution in [0.1, 0.15) is 35.7 Å². The molecule has 2 amide bonds. The quantitative estimate of drug-likeness (QED) is 0.779. The topological polar surface area (TPSA) is 90.8 Å². The van der Waals surface area contributed by atoms with E-state index in [4.69, 9.17) is 0 Å². The van der Waals surface area contributed by atoms with Gasteiger partial charge in [-0.25, -0.2) is 4.79 Å². The van der Waals surface area contributed by atoms with E-state index in [1.54, 1.807) is 41.6 Å². The van der Waals surface area contributed by atoms with Gasteiger partial charge in [-0.1, -0.05) is 19.4 Å². The van der Waals surface area contributed by atoms with Crippen molar-refractivity contribution >= 4 is 35.2 Å². The highest BCUT2D eigenvalue weighted by molar-refractivity contribution is 6.15. The van der Waals surface area contributed by atoms with Crippen molar-refractivity contribution in [2.45, 2.75) is 19.8 Å². The molecule has 1 aromatic carbocycles. The Balaban J connectivity index is 1.96. The Kier molecular flexibility index (Phi) is 5.84. The van der Waals surface area contributed by atoms with Crippen LogP contribution in [0.3, 0.4) is 0 Å². The molecule has 1 aromatic heterocycles. The highest BCUT2D eigenvalue weighted by Gasteiger charge is 2.32. The summed E-state index contributed by atoms with van der Waals surface area (Å²) < 4.78 is 0. The summed E-state index contributed by atoms with van der Waals surface area (Å²) in [5.74, 6) is -1.67. The predicted molar refractivity (Wildman–Crippen MR) is 106 cm³/mol. The third-order valence-corrected chi connectivity index (χ3v) is 4.50. The minimum absolute atomic E-state index is 0.0672. The van der Waals surface area contributed by atoms with Gasteiger partial charge in [-0.3, -0.25) is 19.5 Å². The van der Waals surface area contributed by atoms with Crippen molar-refractivity contribution in [2.75, 3.05) is 22.9 Å². The number of nitrogens with zero attached hydrogens (tertiary/aromatic N) is 3. The van der Waals surface area contributed by atoms with Crippen LogP contribution < -0.4 is 9.80 Å². The maximum Gasteiger partial charge on any atom is 0.335 e. The minimum Gasteiger partial charge on any atom is -0.478 e. The number of carboxylic acid groups (broad SMARTS) is 1. The van der Waals surface area contributed by atoms with E-state index in [9.17, 15) is 19.5 Å². The van der Waals surface area contributed by atoms with E-state index < -0.39 is 11.9 Å². The van der Waals surface area contributed by atoms with Crippen LogP contribution in [0, 0.1) is 0 Å². The summed E-state index contributed by atoms with van der Waals surface area (Å²) in [4.78, 5) is 43.8. The van der Waals surface area contributed by atoms with Gasteiger partial charge in [0.2, 0.25) is 5.91 Å². The van der Waals surface area contributed by atoms with Crippen molar-refractivity contribution in [2.24, 2.45) is 0 Å². The van der Waals surface area contributed by atoms with E-state index in [1.807, 2.05) is 6.92 Å². The molecule has 0 atom stereocenters. The highest BCUT2D eigenvalue weighted by atomic mass is 16.4. The Morgan fingerprint density at radius 2 is 2.07 bits per heavy atom. The van der Waals surface area contributed by atoms with E-state index in [2.05, 4.69) is 4.98 Å². The van der Waals surface area contributed by atoms with Crippen LogP contribution in [0.2, 0.25) is 0 Å². The summed E-state index contributed by atoms with van der Waals surface area (Å²) in [6.45, 7) is 2.43. The van der Waals surface area contributed by atoms with Crippen molar-refractivity contribution in [1.82, 2.24) is 4.98 Å². The zero-order valence-corrected chi connectivity index (χ0v) is 15.5. The average molecular weight is 379 g/mol. The van der Waals surface area contributed by atoms with Crippen molar-refractivity contribution in [3.8, 4) is 0 Å². The first-order chi connectivity index (χ1) is 13.5. The number of unbranched alkanes of at least 4 members (excludes halogenated alkanes) is 1. The number of rotatable bonds is 6. The van der Waals surface area contributed by atoms with Crippen LogP contribution in [-0.4, -0.2) is 41.0 Å². The predicted octanol–water partition coefficient (Wildman–Crippen LogP) is 2.97. The number of pyridine rings is 1. The number of carboxylic acids is 1. The largest absolute Gasteiger partial charge is 0.478 e. The molecule has 2 aromatic rings. The molecular formula is C21H21N3O4. The maximum atomic E-state index is 12.8. The molecule has 3 rings (SSSR count). The number of carbonyl (C=O) groups excluding carboxylic acids is 2. The molecule has 0 bridgehead atoms. The lowest BCUT2D eigenvalue weighted by molar-refractivity contribution is -0.120. The van der Waals surface area contributed by atoms with E-state index >= 15 is 0 Å². The Hall–Kier alpha value is -3.48. The normalized spacial score (nSPS) is 13.7. The molecule has 0 spiro atoms. The fourth-order valence-electron chi connectivity index (χ4n) is 3.03. The van der Waals surface area contributed by atoms with E-state index in [0.29, 0.717) is 17.9 Å². The third kappa shape index (κ3) is 4.09. The number of amides is 2. The first kappa shape index (κ1) is 19.3. The van der Waals surface area contributed by atoms with Crippen molar-refractivity contribution in [3.05, 3.63) is 59.9 Å². The molecule has 7 nitrogen and oxygen atoms in total. The molecule has 0 radical (unpaired) electrons. The molecular weight excluding hydrogens is 358 g/mol. The summed E-state index contributed by atoms with van der Waals surface area (Å²) >= 11 is 0. The van der Waals surface area contributed by atoms with Gasteiger partial charge in [0.1, 0.15) is 6.54 Å². The lowest BCUT2D eigenvalue weighted by Gasteiger charge is -2.36. The number of hydrogen-bond donors (Lipinski definition) is 1. The van der Waals surface area contributed by atoms with Crippen LogP contribution >= 0.6 is 0 Å². The second-order valence-corrected chi connectivity index (χ2v) is 6.45. The summed E-state index contributed by atoms with van der Waals surface area (Å²) in [6.07, 6.45) is 7.97. The Labute approximate surface area is 162 Å². The van der Waals surface area contributed by atoms with E-state index in [1.165, 1.54) is 23.1 Å². The molecule has 28 heavy (non-hydrogen) atoms. The van der Waals surface area contributed by atoms with Crippen molar-refractivity contribution < 1.29 is 19.5 Å². The second kappa shape index (κ2) is 8.47. The number of anilines is 2. The van der Waals surface area contributed by atoms with Gasteiger partial charge in [0.15, 0.2) is 0 Å². The molecule has 1 N–H and O–H groups in total. The summed E-state index contributed by atoms with van der Waals surface area (Å²) in [5, 5.41) is 9.32. The lowest BCUT2D eigenvalue weighted by atomic mass is 10.1. The van der Waals surface area contributed by atoms with Gasteiger partial charge in [0, 0.05) is 25.0 Å². The summed E-state index contributed by atoms with van der Waals surface area (Å²) in [6, 6.07) is 8.05. The SMILES string of the molecule is CCCCN1C(=O)CN(C(=O)/C=C/c2cccnc2)c2cc(C(=O)O)ccc21. The van der Waals surface area contributed by atoms with E-state index in [-0.39, 0.29) is 18.0 Å². The van der Waals surface area contributed by atoms with Gasteiger partial charge in [-0.05, 0) is 42.3 Å². The third-order valence-electron chi connectivity index (χ3n) is 4.50. The molecule has 0 unspecified atom stereocenters. The van der Waals surface area contributed by atoms with Crippen LogP contribution in [0.15, 0.2) is 48.8 Å². The van der Waals surface area contributed by atoms with Crippen LogP contribution in [0.25, 0.3) is 6.08 Å². The summed E-state index contributed by atoms with van der Waals surface area (Å²) in [5.41, 5.74) is 1.80. The number of hydrogen-bond acceptors (Lipinski definition) is 4. The van der Waals surface area contributed by atoms with Crippen LogP contribution in [0.5, 0.6) is 0 Å². The lowest BCUT2D eigenvalue weighted by Crippen LogP contribution is -2.48. The molecule has 0 saturated carbocycles. The highest BCUT2D eigenvalue weighted by Crippen LogP contribution is 2.35. The summed E-state index contributed by atoms with van der Waals surface area (Å²) in [7, 11) is 0. The molecule has 2 heterocycles. The van der Waals surface area contributed by atoms with Gasteiger partial charge in [0.25, 0.3) is 5.91 Å². The van der Waals surface area contributed by atoms with Gasteiger partial charge < -0.3 is 10.0 Å². The molecule has 7 heteroatoms. The Morgan fingerprint density at radius 1 is 1.25 bits per heavy atom. The first-order valence-corrected chi connectivity index (χ1v) is 9.08. The van der Waals surface area contributed by atoms with E-state index in [0.717, 1.165) is 18.4 Å². The number of carbonyl (C=O) groups is 3. The average Bonchev–Trinajstić information content (AvgIpc) is 2.71. The number of aromatic carboxylic acids is 1. The molecule has 0 aliphatic carbocycles. The van der Waals surface area contributed by atoms with Gasteiger partial charge in [0.05, 0.1) is 16.9 Å². The zero-order chi connectivity index (χ0) is 20.1. The number of benzene rings is 1. The van der Waals surface area contributed by atoms with Crippen molar-refractivity contribution in [3.63, 3.8) is 0 Å². The Morgan fingerprint density at radius 3 is 2.75 bits per heavy atom. The number of fused-ring (bicyclic) bond motifs is 1. The second-order valence-electron chi connectivity index (χ2n) is 6.45. The minimum atomic E-state index is -1.09. The zero-order valence-electron chi connectivity index (χ0n) is 15.5. The van der Waals surface area contributed by atoms with Crippen LogP contribution in [0.4, 0.5) is 11.4 Å². The first-order valence-electron chi connectivity index (χ1n) is 9.08. The maximum absolute atomic E-state index is 12.8. The molecule has 144 valence electrons.